The predicted octanol–water partition coefficient (Wildman–Crippen LogP) is 0.751. The highest BCUT2D eigenvalue weighted by Gasteiger charge is 2.25. The molecular weight excluding hydrogens is 302 g/mol. The van der Waals surface area contributed by atoms with Crippen LogP contribution in [0, 0.1) is 10.1 Å². The Kier molecular flexibility index (Phi) is 5.89. The zero-order valence-corrected chi connectivity index (χ0v) is 12.0. The number of rotatable bonds is 6. The molecule has 0 bridgehead atoms. The third-order valence-electron chi connectivity index (χ3n) is 2.85. The van der Waals surface area contributed by atoms with Crippen molar-refractivity contribution in [2.24, 2.45) is 0 Å². The number of nitrogens with one attached hydrogen (secondary N) is 1. The summed E-state index contributed by atoms with van der Waals surface area (Å²) in [4.78, 5) is 20.8. The van der Waals surface area contributed by atoms with Crippen molar-refractivity contribution in [1.29, 1.82) is 0 Å². The molecule has 2 atom stereocenters. The van der Waals surface area contributed by atoms with Crippen LogP contribution in [0.4, 0.5) is 11.4 Å². The van der Waals surface area contributed by atoms with E-state index in [1.54, 1.807) is 0 Å². The molecule has 0 saturated carbocycles. The average Bonchev–Trinajstić information content (AvgIpc) is 2.39. The first-order valence-corrected chi connectivity index (χ1v) is 6.45. The zero-order chi connectivity index (χ0) is 16.2. The van der Waals surface area contributed by atoms with Crippen molar-refractivity contribution in [3.8, 4) is 0 Å². The number of benzene rings is 1. The minimum absolute atomic E-state index is 0.0236. The fourth-order valence-corrected chi connectivity index (χ4v) is 2.00. The van der Waals surface area contributed by atoms with E-state index in [-0.39, 0.29) is 35.1 Å². The number of nitro benzene ring substituents is 1. The van der Waals surface area contributed by atoms with Crippen LogP contribution < -0.4 is 11.1 Å². The van der Waals surface area contributed by atoms with Crippen LogP contribution in [0.5, 0.6) is 0 Å². The average molecular weight is 318 g/mol. The number of nitrogens with two attached hydrogens (primary N) is 1. The van der Waals surface area contributed by atoms with E-state index in [1.807, 2.05) is 0 Å². The Hall–Kier alpha value is -1.90. The van der Waals surface area contributed by atoms with Gasteiger partial charge in [0.05, 0.1) is 11.0 Å². The normalized spacial score (nSPS) is 13.5. The van der Waals surface area contributed by atoms with Crippen molar-refractivity contribution >= 4 is 28.9 Å². The van der Waals surface area contributed by atoms with Crippen LogP contribution in [-0.4, -0.2) is 33.7 Å². The number of nitrogen functional groups attached to an aromatic ring is 1. The van der Waals surface area contributed by atoms with Crippen LogP contribution in [0.15, 0.2) is 12.1 Å². The Morgan fingerprint density at radius 1 is 1.52 bits per heavy atom. The molecule has 116 valence electrons. The van der Waals surface area contributed by atoms with Crippen molar-refractivity contribution < 1.29 is 19.9 Å². The van der Waals surface area contributed by atoms with Crippen molar-refractivity contribution in [1.82, 2.24) is 5.32 Å². The van der Waals surface area contributed by atoms with E-state index >= 15 is 0 Å². The van der Waals surface area contributed by atoms with Gasteiger partial charge >= 0.3 is 0 Å². The summed E-state index contributed by atoms with van der Waals surface area (Å²) >= 11 is 5.75. The summed E-state index contributed by atoms with van der Waals surface area (Å²) in [5, 5.41) is 33.2. The second kappa shape index (κ2) is 7.21. The molecule has 0 aliphatic carbocycles. The molecule has 9 heteroatoms. The third kappa shape index (κ3) is 4.55. The van der Waals surface area contributed by atoms with E-state index in [0.29, 0.717) is 0 Å². The molecule has 5 N–H and O–H groups in total. The van der Waals surface area contributed by atoms with Gasteiger partial charge in [0.2, 0.25) is 5.91 Å². The molecule has 1 amide bonds. The minimum Gasteiger partial charge on any atom is -0.393 e. The number of carbonyl (C=O) groups is 1. The largest absolute Gasteiger partial charge is 0.393 e. The number of nitro groups is 1. The molecule has 0 aromatic heterocycles. The number of aliphatic hydroxyl groups is 2. The van der Waals surface area contributed by atoms with Crippen LogP contribution in [-0.2, 0) is 4.79 Å². The monoisotopic (exact) mass is 317 g/mol. The zero-order valence-electron chi connectivity index (χ0n) is 11.2. The van der Waals surface area contributed by atoms with Gasteiger partial charge in [0.25, 0.3) is 5.69 Å². The molecule has 0 radical (unpaired) electrons. The van der Waals surface area contributed by atoms with Crippen molar-refractivity contribution in [2.75, 3.05) is 12.3 Å². The maximum absolute atomic E-state index is 10.8. The van der Waals surface area contributed by atoms with Gasteiger partial charge < -0.3 is 21.3 Å². The van der Waals surface area contributed by atoms with Crippen LogP contribution in [0.25, 0.3) is 0 Å². The first-order chi connectivity index (χ1) is 9.73. The molecule has 8 nitrogen and oxygen atoms in total. The molecule has 0 aliphatic rings. The van der Waals surface area contributed by atoms with Crippen molar-refractivity contribution in [3.05, 3.63) is 32.8 Å². The van der Waals surface area contributed by atoms with Crippen molar-refractivity contribution in [2.45, 2.75) is 25.6 Å². The molecule has 0 spiro atoms. The highest BCUT2D eigenvalue weighted by molar-refractivity contribution is 6.31. The van der Waals surface area contributed by atoms with Crippen LogP contribution >= 0.6 is 11.6 Å². The van der Waals surface area contributed by atoms with Gasteiger partial charge in [-0.05, 0) is 12.5 Å². The van der Waals surface area contributed by atoms with Gasteiger partial charge in [0.1, 0.15) is 11.8 Å². The van der Waals surface area contributed by atoms with Gasteiger partial charge in [-0.25, -0.2) is 0 Å². The topological polar surface area (TPSA) is 139 Å². The minimum atomic E-state index is -1.45. The number of hydrogen-bond donors (Lipinski definition) is 4. The lowest BCUT2D eigenvalue weighted by Crippen LogP contribution is -2.28. The Morgan fingerprint density at radius 3 is 2.67 bits per heavy atom. The summed E-state index contributed by atoms with van der Waals surface area (Å²) in [7, 11) is 0. The summed E-state index contributed by atoms with van der Waals surface area (Å²) in [6.07, 6.45) is -2.64. The lowest BCUT2D eigenvalue weighted by molar-refractivity contribution is -0.384. The van der Waals surface area contributed by atoms with Crippen LogP contribution in [0.1, 0.15) is 25.0 Å². The fourth-order valence-electron chi connectivity index (χ4n) is 1.78. The Morgan fingerprint density at radius 2 is 2.14 bits per heavy atom. The summed E-state index contributed by atoms with van der Waals surface area (Å²) in [6.45, 7) is 1.47. The lowest BCUT2D eigenvalue weighted by Gasteiger charge is -2.20. The molecule has 0 heterocycles. The first kappa shape index (κ1) is 17.2. The van der Waals surface area contributed by atoms with E-state index in [4.69, 9.17) is 17.3 Å². The standard InChI is InChI=1S/C12H16ClN3O5/c1-6(17)15-3-2-10(18)12(19)8-4-7(13)5-9(11(8)14)16(20)21/h4-5,10,12,18-19H,2-3,14H2,1H3,(H,15,17). The number of hydrogen-bond acceptors (Lipinski definition) is 6. The van der Waals surface area contributed by atoms with Crippen LogP contribution in [0.3, 0.4) is 0 Å². The summed E-state index contributed by atoms with van der Waals surface area (Å²) in [5.41, 5.74) is 4.91. The van der Waals surface area contributed by atoms with Crippen LogP contribution in [0.2, 0.25) is 5.02 Å². The Bertz CT molecular complexity index is 552. The maximum Gasteiger partial charge on any atom is 0.293 e. The Labute approximate surface area is 125 Å². The van der Waals surface area contributed by atoms with Gasteiger partial charge in [0.15, 0.2) is 0 Å². The molecule has 21 heavy (non-hydrogen) atoms. The second-order valence-electron chi connectivity index (χ2n) is 4.47. The molecule has 0 fully saturated rings. The number of anilines is 1. The first-order valence-electron chi connectivity index (χ1n) is 6.08. The quantitative estimate of drug-likeness (QED) is 0.347. The fraction of sp³-hybridized carbons (Fsp3) is 0.417. The molecule has 1 rings (SSSR count). The number of nitrogens with zero attached hydrogens (tertiary/aromatic N) is 1. The molecule has 0 saturated heterocycles. The van der Waals surface area contributed by atoms with Gasteiger partial charge in [-0.2, -0.15) is 0 Å². The molecule has 1 aromatic rings. The molecule has 2 unspecified atom stereocenters. The van der Waals surface area contributed by atoms with Gasteiger partial charge in [-0.15, -0.1) is 0 Å². The highest BCUT2D eigenvalue weighted by atomic mass is 35.5. The molecule has 1 aromatic carbocycles. The number of amides is 1. The summed E-state index contributed by atoms with van der Waals surface area (Å²) in [6, 6.07) is 2.33. The maximum atomic E-state index is 10.8. The molecule has 0 aliphatic heterocycles. The smallest absolute Gasteiger partial charge is 0.293 e. The third-order valence-corrected chi connectivity index (χ3v) is 3.07. The summed E-state index contributed by atoms with van der Waals surface area (Å²) < 4.78 is 0. The van der Waals surface area contributed by atoms with Crippen molar-refractivity contribution in [3.63, 3.8) is 0 Å². The Balaban J connectivity index is 2.93. The SMILES string of the molecule is CC(=O)NCCC(O)C(O)c1cc(Cl)cc([N+](=O)[O-])c1N. The van der Waals surface area contributed by atoms with Gasteiger partial charge in [-0.1, -0.05) is 11.6 Å². The number of carbonyl (C=O) groups excluding carboxylic acids is 1. The molecular formula is C12H16ClN3O5. The van der Waals surface area contributed by atoms with Gasteiger partial charge in [-0.3, -0.25) is 14.9 Å². The van der Waals surface area contributed by atoms with Gasteiger partial charge in [0, 0.05) is 30.1 Å². The van der Waals surface area contributed by atoms with E-state index in [2.05, 4.69) is 5.32 Å². The van der Waals surface area contributed by atoms with E-state index in [1.165, 1.54) is 13.0 Å². The van der Waals surface area contributed by atoms with E-state index in [9.17, 15) is 25.1 Å². The van der Waals surface area contributed by atoms with E-state index in [0.717, 1.165) is 6.07 Å². The number of halogens is 1. The number of aliphatic hydroxyl groups excluding tert-OH is 2. The van der Waals surface area contributed by atoms with E-state index < -0.39 is 22.8 Å². The predicted molar refractivity (Wildman–Crippen MR) is 76.8 cm³/mol. The second-order valence-corrected chi connectivity index (χ2v) is 4.91. The summed E-state index contributed by atoms with van der Waals surface area (Å²) in [5.74, 6) is -0.269. The lowest BCUT2D eigenvalue weighted by atomic mass is 9.99. The highest BCUT2D eigenvalue weighted by Crippen LogP contribution is 2.34.